The number of benzene rings is 2. The molecule has 5 N–H and O–H groups in total. The number of aryl methyl sites for hydroxylation is 1. The van der Waals surface area contributed by atoms with E-state index in [2.05, 4.69) is 14.7 Å². The molecule has 0 saturated carbocycles. The van der Waals surface area contributed by atoms with E-state index in [1.807, 2.05) is 13.8 Å². The second kappa shape index (κ2) is 7.79. The Kier molecular flexibility index (Phi) is 5.25. The number of aromatic hydroxyl groups is 1. The minimum Gasteiger partial charge on any atom is -0.506 e. The topological polar surface area (TPSA) is 155 Å². The van der Waals surface area contributed by atoms with Gasteiger partial charge in [-0.25, -0.2) is 0 Å². The van der Waals surface area contributed by atoms with Crippen LogP contribution in [0.2, 0.25) is 0 Å². The van der Waals surface area contributed by atoms with Crippen LogP contribution in [0.3, 0.4) is 0 Å². The molecule has 1 aromatic heterocycles. The second-order valence-electron chi connectivity index (χ2n) is 8.07. The molecule has 1 amide bonds. The zero-order valence-corrected chi connectivity index (χ0v) is 18.3. The maximum absolute atomic E-state index is 13.0. The van der Waals surface area contributed by atoms with Crippen molar-refractivity contribution in [3.63, 3.8) is 0 Å². The van der Waals surface area contributed by atoms with Gasteiger partial charge in [-0.05, 0) is 48.6 Å². The average molecular weight is 455 g/mol. The van der Waals surface area contributed by atoms with Crippen molar-refractivity contribution >= 4 is 38.4 Å². The van der Waals surface area contributed by atoms with E-state index in [4.69, 9.17) is 5.73 Å². The fourth-order valence-electron chi connectivity index (χ4n) is 3.68. The normalized spacial score (nSPS) is 14.7. The number of carbonyl (C=O) groups is 1. The number of amides is 1. The van der Waals surface area contributed by atoms with Gasteiger partial charge in [0.05, 0.1) is 11.2 Å². The van der Waals surface area contributed by atoms with Crippen LogP contribution < -0.4 is 16.6 Å². The van der Waals surface area contributed by atoms with Crippen LogP contribution in [0.1, 0.15) is 41.8 Å². The third-order valence-electron chi connectivity index (χ3n) is 5.32. The van der Waals surface area contributed by atoms with Gasteiger partial charge in [-0.2, -0.15) is 8.42 Å². The summed E-state index contributed by atoms with van der Waals surface area (Å²) in [6, 6.07) is 9.08. The number of primary amides is 1. The number of nitrogens with two attached hydrogens (primary N) is 1. The van der Waals surface area contributed by atoms with Crippen LogP contribution in [-0.2, 0) is 16.4 Å². The van der Waals surface area contributed by atoms with Gasteiger partial charge in [0.2, 0.25) is 5.91 Å². The highest BCUT2D eigenvalue weighted by Gasteiger charge is 2.29. The first-order chi connectivity index (χ1) is 15.1. The Balaban J connectivity index is 1.96. The van der Waals surface area contributed by atoms with Gasteiger partial charge >= 0.3 is 0 Å². The smallest absolute Gasteiger partial charge is 0.286 e. The van der Waals surface area contributed by atoms with Crippen molar-refractivity contribution in [2.24, 2.45) is 16.0 Å². The van der Waals surface area contributed by atoms with E-state index in [0.717, 1.165) is 6.42 Å². The summed E-state index contributed by atoms with van der Waals surface area (Å²) in [5.74, 6) is -1.11. The number of fused-ring (bicyclic) bond motifs is 2. The number of sulfonamides is 1. The molecule has 2 heterocycles. The lowest BCUT2D eigenvalue weighted by molar-refractivity contribution is 0.100. The summed E-state index contributed by atoms with van der Waals surface area (Å²) in [4.78, 5) is 27.5. The van der Waals surface area contributed by atoms with Crippen molar-refractivity contribution < 1.29 is 18.3 Å². The molecule has 0 spiro atoms. The van der Waals surface area contributed by atoms with Crippen LogP contribution in [0.4, 0.5) is 5.69 Å². The number of para-hydroxylation sites is 1. The molecule has 166 valence electrons. The van der Waals surface area contributed by atoms with Crippen LogP contribution in [-0.4, -0.2) is 30.3 Å². The van der Waals surface area contributed by atoms with Gasteiger partial charge in [0.25, 0.3) is 15.6 Å². The van der Waals surface area contributed by atoms with Crippen LogP contribution in [0.15, 0.2) is 50.5 Å². The van der Waals surface area contributed by atoms with Gasteiger partial charge in [-0.15, -0.1) is 4.40 Å². The molecule has 0 bridgehead atoms. The summed E-state index contributed by atoms with van der Waals surface area (Å²) in [5, 5.41) is 14.0. The predicted molar refractivity (Wildman–Crippen MR) is 122 cm³/mol. The summed E-state index contributed by atoms with van der Waals surface area (Å²) in [6.07, 6.45) is 1.33. The van der Waals surface area contributed by atoms with Gasteiger partial charge in [0.15, 0.2) is 5.84 Å². The molecular formula is C22H22N4O5S. The van der Waals surface area contributed by atoms with Crippen molar-refractivity contribution in [1.29, 1.82) is 0 Å². The Hall–Kier alpha value is -3.66. The fraction of sp³-hybridized carbons (Fsp3) is 0.227. The van der Waals surface area contributed by atoms with Crippen LogP contribution in [0, 0.1) is 5.92 Å². The maximum atomic E-state index is 13.0. The number of aromatic amines is 1. The summed E-state index contributed by atoms with van der Waals surface area (Å²) in [7, 11) is -4.09. The minimum atomic E-state index is -4.09. The van der Waals surface area contributed by atoms with Crippen molar-refractivity contribution in [1.82, 2.24) is 4.98 Å². The molecule has 32 heavy (non-hydrogen) atoms. The Morgan fingerprint density at radius 3 is 2.62 bits per heavy atom. The van der Waals surface area contributed by atoms with Crippen LogP contribution >= 0.6 is 0 Å². The number of nitrogens with zero attached hydrogens (tertiary/aromatic N) is 1. The van der Waals surface area contributed by atoms with Gasteiger partial charge in [-0.1, -0.05) is 26.0 Å². The monoisotopic (exact) mass is 454 g/mol. The highest BCUT2D eigenvalue weighted by atomic mass is 32.2. The third-order valence-corrected chi connectivity index (χ3v) is 6.65. The van der Waals surface area contributed by atoms with Gasteiger partial charge in [-0.3, -0.25) is 9.59 Å². The molecule has 0 radical (unpaired) electrons. The SMILES string of the molecule is CC(C)CCc1cc(C(N)=O)cc2c(O)c(C3=NS(=O)(=O)c4ccccc4N3)c(=O)[nH]c12. The third kappa shape index (κ3) is 3.73. The maximum Gasteiger partial charge on any atom is 0.286 e. The van der Waals surface area contributed by atoms with Crippen molar-refractivity contribution in [3.05, 3.63) is 63.4 Å². The molecule has 2 aromatic carbocycles. The molecule has 4 rings (SSSR count). The minimum absolute atomic E-state index is 0.0348. The second-order valence-corrected chi connectivity index (χ2v) is 9.64. The summed E-state index contributed by atoms with van der Waals surface area (Å²) >= 11 is 0. The number of anilines is 1. The number of nitrogens with one attached hydrogen (secondary N) is 2. The van der Waals surface area contributed by atoms with E-state index < -0.39 is 27.2 Å². The summed E-state index contributed by atoms with van der Waals surface area (Å²) < 4.78 is 28.9. The first-order valence-electron chi connectivity index (χ1n) is 10.0. The lowest BCUT2D eigenvalue weighted by atomic mass is 9.96. The molecule has 0 aliphatic carbocycles. The first-order valence-corrected chi connectivity index (χ1v) is 11.5. The fourth-order valence-corrected chi connectivity index (χ4v) is 4.80. The molecule has 10 heteroatoms. The lowest BCUT2D eigenvalue weighted by Crippen LogP contribution is -2.29. The van der Waals surface area contributed by atoms with Gasteiger partial charge in [0, 0.05) is 10.9 Å². The number of hydrogen-bond donors (Lipinski definition) is 4. The van der Waals surface area contributed by atoms with Crippen molar-refractivity contribution in [2.75, 3.05) is 5.32 Å². The van der Waals surface area contributed by atoms with E-state index >= 15 is 0 Å². The van der Waals surface area contributed by atoms with E-state index in [-0.39, 0.29) is 32.9 Å². The van der Waals surface area contributed by atoms with Crippen molar-refractivity contribution in [3.8, 4) is 5.75 Å². The Morgan fingerprint density at radius 1 is 1.22 bits per heavy atom. The Bertz CT molecular complexity index is 1460. The number of rotatable bonds is 5. The van der Waals surface area contributed by atoms with Crippen LogP contribution in [0.5, 0.6) is 5.75 Å². The first kappa shape index (κ1) is 21.6. The number of pyridine rings is 1. The van der Waals surface area contributed by atoms with Crippen molar-refractivity contribution in [2.45, 2.75) is 31.6 Å². The summed E-state index contributed by atoms with van der Waals surface area (Å²) in [5.41, 5.74) is 5.84. The molecule has 0 fully saturated rings. The van der Waals surface area contributed by atoms with Gasteiger partial charge < -0.3 is 21.1 Å². The number of aromatic nitrogens is 1. The largest absolute Gasteiger partial charge is 0.506 e. The van der Waals surface area contributed by atoms with E-state index in [1.54, 1.807) is 18.2 Å². The van der Waals surface area contributed by atoms with E-state index in [9.17, 15) is 23.1 Å². The predicted octanol–water partition coefficient (Wildman–Crippen LogP) is 2.48. The molecule has 0 unspecified atom stereocenters. The number of hydrogen-bond acceptors (Lipinski definition) is 6. The van der Waals surface area contributed by atoms with Gasteiger partial charge in [0.1, 0.15) is 16.2 Å². The molecule has 9 nitrogen and oxygen atoms in total. The zero-order chi connectivity index (χ0) is 23.2. The lowest BCUT2D eigenvalue weighted by Gasteiger charge is -2.19. The molecular weight excluding hydrogens is 432 g/mol. The molecule has 1 aliphatic rings. The molecule has 0 saturated heterocycles. The number of amidine groups is 1. The zero-order valence-electron chi connectivity index (χ0n) is 17.5. The molecule has 3 aromatic rings. The highest BCUT2D eigenvalue weighted by molar-refractivity contribution is 7.90. The summed E-state index contributed by atoms with van der Waals surface area (Å²) in [6.45, 7) is 4.09. The Labute approximate surface area is 184 Å². The standard InChI is InChI=1S/C22H22N4O5S/c1-11(2)7-8-12-9-13(20(23)28)10-14-18(12)25-22(29)17(19(14)27)21-24-15-5-3-4-6-16(15)32(30,31)26-21/h3-6,9-11H,7-8H2,1-2H3,(H2,23,28)(H,24,26)(H2,25,27,29). The van der Waals surface area contributed by atoms with E-state index in [1.165, 1.54) is 18.2 Å². The number of H-pyrrole nitrogens is 1. The molecule has 1 aliphatic heterocycles. The van der Waals surface area contributed by atoms with E-state index in [0.29, 0.717) is 23.4 Å². The Morgan fingerprint density at radius 2 is 1.94 bits per heavy atom. The average Bonchev–Trinajstić information content (AvgIpc) is 2.71. The number of carbonyl (C=O) groups excluding carboxylic acids is 1. The highest BCUT2D eigenvalue weighted by Crippen LogP contribution is 2.33. The quantitative estimate of drug-likeness (QED) is 0.464. The van der Waals surface area contributed by atoms with Crippen LogP contribution in [0.25, 0.3) is 10.9 Å². The molecule has 0 atom stereocenters.